The van der Waals surface area contributed by atoms with Crippen LogP contribution in [-0.2, 0) is 0 Å². The maximum Gasteiger partial charge on any atom is 0.144 e. The fourth-order valence-electron chi connectivity index (χ4n) is 1.74. The predicted molar refractivity (Wildman–Crippen MR) is 56.2 cm³/mol. The third-order valence-electron chi connectivity index (χ3n) is 2.63. The van der Waals surface area contributed by atoms with Crippen molar-refractivity contribution >= 4 is 5.82 Å². The van der Waals surface area contributed by atoms with Crippen molar-refractivity contribution in [3.05, 3.63) is 18.6 Å². The van der Waals surface area contributed by atoms with Crippen LogP contribution in [0.1, 0.15) is 12.8 Å². The van der Waals surface area contributed by atoms with Gasteiger partial charge in [0.05, 0.1) is 6.20 Å². The molecule has 4 nitrogen and oxygen atoms in total. The topological polar surface area (TPSA) is 41.0 Å². The molecule has 0 atom stereocenters. The minimum Gasteiger partial charge on any atom is -0.366 e. The Balaban J connectivity index is 1.87. The summed E-state index contributed by atoms with van der Waals surface area (Å²) in [7, 11) is 2.17. The van der Waals surface area contributed by atoms with E-state index in [-0.39, 0.29) is 0 Å². The van der Waals surface area contributed by atoms with Gasteiger partial charge in [-0.2, -0.15) is 0 Å². The molecule has 0 spiro atoms. The highest BCUT2D eigenvalue weighted by atomic mass is 15.1. The Morgan fingerprint density at radius 1 is 1.36 bits per heavy atom. The van der Waals surface area contributed by atoms with Crippen molar-refractivity contribution in [2.24, 2.45) is 0 Å². The first-order valence-corrected chi connectivity index (χ1v) is 5.06. The van der Waals surface area contributed by atoms with Crippen LogP contribution in [0.3, 0.4) is 0 Å². The van der Waals surface area contributed by atoms with Crippen LogP contribution in [0.4, 0.5) is 5.82 Å². The van der Waals surface area contributed by atoms with Crippen LogP contribution in [-0.4, -0.2) is 41.0 Å². The zero-order valence-corrected chi connectivity index (χ0v) is 8.48. The highest BCUT2D eigenvalue weighted by Crippen LogP contribution is 2.12. The van der Waals surface area contributed by atoms with E-state index >= 15 is 0 Å². The maximum atomic E-state index is 4.20. The SMILES string of the molecule is CN1CCC(Nc2cnccn2)CC1. The van der Waals surface area contributed by atoms with Gasteiger partial charge < -0.3 is 10.2 Å². The van der Waals surface area contributed by atoms with Gasteiger partial charge in [-0.15, -0.1) is 0 Å². The van der Waals surface area contributed by atoms with Gasteiger partial charge in [-0.05, 0) is 33.0 Å². The van der Waals surface area contributed by atoms with Crippen LogP contribution >= 0.6 is 0 Å². The predicted octanol–water partition coefficient (Wildman–Crippen LogP) is 0.983. The molecule has 1 aromatic rings. The number of aromatic nitrogens is 2. The largest absolute Gasteiger partial charge is 0.366 e. The van der Waals surface area contributed by atoms with Gasteiger partial charge in [-0.1, -0.05) is 0 Å². The van der Waals surface area contributed by atoms with E-state index in [1.165, 1.54) is 12.8 Å². The van der Waals surface area contributed by atoms with Gasteiger partial charge in [0.2, 0.25) is 0 Å². The molecule has 2 heterocycles. The Hall–Kier alpha value is -1.16. The summed E-state index contributed by atoms with van der Waals surface area (Å²) in [5.41, 5.74) is 0. The van der Waals surface area contributed by atoms with Crippen LogP contribution in [0.15, 0.2) is 18.6 Å². The maximum absolute atomic E-state index is 4.20. The van der Waals surface area contributed by atoms with Gasteiger partial charge in [-0.3, -0.25) is 4.98 Å². The average molecular weight is 192 g/mol. The van der Waals surface area contributed by atoms with Crippen molar-refractivity contribution in [1.82, 2.24) is 14.9 Å². The monoisotopic (exact) mass is 192 g/mol. The second kappa shape index (κ2) is 4.37. The molecule has 14 heavy (non-hydrogen) atoms. The molecule has 0 saturated carbocycles. The molecule has 0 unspecified atom stereocenters. The average Bonchev–Trinajstić information content (AvgIpc) is 2.23. The first-order valence-electron chi connectivity index (χ1n) is 5.06. The zero-order valence-electron chi connectivity index (χ0n) is 8.48. The normalized spacial score (nSPS) is 19.5. The summed E-state index contributed by atoms with van der Waals surface area (Å²) in [6.07, 6.45) is 7.57. The van der Waals surface area contributed by atoms with E-state index in [1.54, 1.807) is 18.6 Å². The van der Waals surface area contributed by atoms with Gasteiger partial charge in [0.1, 0.15) is 5.82 Å². The molecule has 1 N–H and O–H groups in total. The van der Waals surface area contributed by atoms with E-state index in [0.717, 1.165) is 18.9 Å². The Morgan fingerprint density at radius 3 is 2.79 bits per heavy atom. The summed E-state index contributed by atoms with van der Waals surface area (Å²) in [5.74, 6) is 0.891. The van der Waals surface area contributed by atoms with Crippen LogP contribution in [0, 0.1) is 0 Å². The van der Waals surface area contributed by atoms with Crippen molar-refractivity contribution < 1.29 is 0 Å². The number of piperidine rings is 1. The van der Waals surface area contributed by atoms with Gasteiger partial charge in [0.25, 0.3) is 0 Å². The van der Waals surface area contributed by atoms with Crippen LogP contribution < -0.4 is 5.32 Å². The van der Waals surface area contributed by atoms with Crippen molar-refractivity contribution in [2.45, 2.75) is 18.9 Å². The molecule has 1 fully saturated rings. The Labute approximate surface area is 84.4 Å². The lowest BCUT2D eigenvalue weighted by Crippen LogP contribution is -2.36. The molecular formula is C10H16N4. The van der Waals surface area contributed by atoms with Gasteiger partial charge in [-0.25, -0.2) is 4.98 Å². The summed E-state index contributed by atoms with van der Waals surface area (Å²) in [6, 6.07) is 0.558. The quantitative estimate of drug-likeness (QED) is 0.758. The zero-order chi connectivity index (χ0) is 9.80. The summed E-state index contributed by atoms with van der Waals surface area (Å²) < 4.78 is 0. The first kappa shape index (κ1) is 9.40. The molecular weight excluding hydrogens is 176 g/mol. The summed E-state index contributed by atoms with van der Waals surface area (Å²) in [6.45, 7) is 2.33. The molecule has 1 saturated heterocycles. The number of hydrogen-bond acceptors (Lipinski definition) is 4. The van der Waals surface area contributed by atoms with E-state index in [2.05, 4.69) is 27.2 Å². The number of rotatable bonds is 2. The smallest absolute Gasteiger partial charge is 0.144 e. The first-order chi connectivity index (χ1) is 6.84. The van der Waals surface area contributed by atoms with E-state index < -0.39 is 0 Å². The van der Waals surface area contributed by atoms with Crippen molar-refractivity contribution in [2.75, 3.05) is 25.5 Å². The van der Waals surface area contributed by atoms with E-state index in [9.17, 15) is 0 Å². The lowest BCUT2D eigenvalue weighted by molar-refractivity contribution is 0.263. The minimum atomic E-state index is 0.558. The summed E-state index contributed by atoms with van der Waals surface area (Å²) in [5, 5.41) is 3.40. The van der Waals surface area contributed by atoms with E-state index in [0.29, 0.717) is 6.04 Å². The highest BCUT2D eigenvalue weighted by Gasteiger charge is 2.16. The number of nitrogens with one attached hydrogen (secondary N) is 1. The standard InChI is InChI=1S/C10H16N4/c1-14-6-2-9(3-7-14)13-10-8-11-4-5-12-10/h4-5,8-9H,2-3,6-7H2,1H3,(H,12,13). The molecule has 4 heteroatoms. The molecule has 1 aliphatic heterocycles. The fraction of sp³-hybridized carbons (Fsp3) is 0.600. The Kier molecular flexibility index (Phi) is 2.93. The van der Waals surface area contributed by atoms with Gasteiger partial charge in [0.15, 0.2) is 0 Å². The molecule has 0 aliphatic carbocycles. The third kappa shape index (κ3) is 2.42. The molecule has 2 rings (SSSR count). The minimum absolute atomic E-state index is 0.558. The van der Waals surface area contributed by atoms with Crippen molar-refractivity contribution in [3.63, 3.8) is 0 Å². The van der Waals surface area contributed by atoms with Crippen molar-refractivity contribution in [1.29, 1.82) is 0 Å². The lowest BCUT2D eigenvalue weighted by Gasteiger charge is -2.29. The molecule has 1 aliphatic rings. The number of likely N-dealkylation sites (tertiary alicyclic amines) is 1. The summed E-state index contributed by atoms with van der Waals surface area (Å²) >= 11 is 0. The highest BCUT2D eigenvalue weighted by molar-refractivity contribution is 5.31. The van der Waals surface area contributed by atoms with Crippen molar-refractivity contribution in [3.8, 4) is 0 Å². The van der Waals surface area contributed by atoms with E-state index in [4.69, 9.17) is 0 Å². The van der Waals surface area contributed by atoms with Crippen LogP contribution in [0.5, 0.6) is 0 Å². The van der Waals surface area contributed by atoms with E-state index in [1.807, 2.05) is 0 Å². The van der Waals surface area contributed by atoms with Crippen LogP contribution in [0.2, 0.25) is 0 Å². The third-order valence-corrected chi connectivity index (χ3v) is 2.63. The van der Waals surface area contributed by atoms with Gasteiger partial charge in [0, 0.05) is 18.4 Å². The molecule has 0 bridgehead atoms. The number of nitrogens with zero attached hydrogens (tertiary/aromatic N) is 3. The van der Waals surface area contributed by atoms with Crippen LogP contribution in [0.25, 0.3) is 0 Å². The second-order valence-electron chi connectivity index (χ2n) is 3.81. The number of hydrogen-bond donors (Lipinski definition) is 1. The molecule has 76 valence electrons. The molecule has 0 radical (unpaired) electrons. The Bertz CT molecular complexity index is 267. The summed E-state index contributed by atoms with van der Waals surface area (Å²) in [4.78, 5) is 10.6. The Morgan fingerprint density at radius 2 is 2.14 bits per heavy atom. The molecule has 0 aromatic carbocycles. The molecule has 1 aromatic heterocycles. The van der Waals surface area contributed by atoms with Gasteiger partial charge >= 0.3 is 0 Å². The fourth-order valence-corrected chi connectivity index (χ4v) is 1.74. The second-order valence-corrected chi connectivity index (χ2v) is 3.81. The lowest BCUT2D eigenvalue weighted by atomic mass is 10.1. The molecule has 0 amide bonds. The number of anilines is 1.